The number of anilines is 1. The lowest BCUT2D eigenvalue weighted by molar-refractivity contribution is 0.0746. The van der Waals surface area contributed by atoms with Gasteiger partial charge in [-0.2, -0.15) is 0 Å². The molecule has 0 fully saturated rings. The molecule has 1 amide bonds. The zero-order valence-electron chi connectivity index (χ0n) is 15.7. The molecule has 0 spiro atoms. The highest BCUT2D eigenvalue weighted by Gasteiger charge is 2.16. The average Bonchev–Trinajstić information content (AvgIpc) is 2.72. The topological polar surface area (TPSA) is 58.1 Å². The number of amides is 1. The molecule has 3 rings (SSSR count). The highest BCUT2D eigenvalue weighted by atomic mass is 16.2. The fraction of sp³-hybridized carbons (Fsp3) is 0.227. The quantitative estimate of drug-likeness (QED) is 0.690. The summed E-state index contributed by atoms with van der Waals surface area (Å²) in [7, 11) is 0. The van der Waals surface area contributed by atoms with Gasteiger partial charge < -0.3 is 10.2 Å². The third-order valence-electron chi connectivity index (χ3n) is 4.37. The van der Waals surface area contributed by atoms with Gasteiger partial charge in [-0.05, 0) is 25.0 Å². The molecule has 27 heavy (non-hydrogen) atoms. The van der Waals surface area contributed by atoms with E-state index < -0.39 is 0 Å². The Morgan fingerprint density at radius 1 is 1.00 bits per heavy atom. The van der Waals surface area contributed by atoms with Gasteiger partial charge in [0.25, 0.3) is 5.91 Å². The molecule has 1 heterocycles. The van der Waals surface area contributed by atoms with Gasteiger partial charge in [0, 0.05) is 25.7 Å². The van der Waals surface area contributed by atoms with Crippen molar-refractivity contribution in [2.75, 3.05) is 11.9 Å². The highest BCUT2D eigenvalue weighted by Crippen LogP contribution is 2.12. The minimum absolute atomic E-state index is 0.0952. The summed E-state index contributed by atoms with van der Waals surface area (Å²) in [6.07, 6.45) is 1.43. The number of nitrogens with one attached hydrogen (secondary N) is 1. The van der Waals surface area contributed by atoms with Crippen LogP contribution in [0.3, 0.4) is 0 Å². The van der Waals surface area contributed by atoms with Crippen molar-refractivity contribution < 1.29 is 4.79 Å². The molecule has 2 aromatic carbocycles. The molecule has 0 atom stereocenters. The van der Waals surface area contributed by atoms with Crippen molar-refractivity contribution in [2.45, 2.75) is 26.9 Å². The minimum Gasteiger partial charge on any atom is -0.366 e. The number of hydrogen-bond acceptors (Lipinski definition) is 4. The minimum atomic E-state index is -0.0952. The van der Waals surface area contributed by atoms with E-state index in [1.807, 2.05) is 37.3 Å². The Morgan fingerprint density at radius 3 is 2.44 bits per heavy atom. The van der Waals surface area contributed by atoms with Gasteiger partial charge in [-0.3, -0.25) is 4.79 Å². The van der Waals surface area contributed by atoms with Gasteiger partial charge in [-0.1, -0.05) is 60.2 Å². The monoisotopic (exact) mass is 360 g/mol. The summed E-state index contributed by atoms with van der Waals surface area (Å²) in [5.74, 6) is 0.548. The van der Waals surface area contributed by atoms with Gasteiger partial charge >= 0.3 is 0 Å². The molecule has 3 aromatic rings. The van der Waals surface area contributed by atoms with Gasteiger partial charge in [0.05, 0.1) is 0 Å². The molecule has 0 aliphatic heterocycles. The van der Waals surface area contributed by atoms with Crippen molar-refractivity contribution in [3.63, 3.8) is 0 Å². The Balaban J connectivity index is 1.67. The van der Waals surface area contributed by atoms with Gasteiger partial charge in [-0.25, -0.2) is 9.97 Å². The van der Waals surface area contributed by atoms with E-state index in [1.54, 1.807) is 11.0 Å². The molecule has 0 aliphatic carbocycles. The second kappa shape index (κ2) is 8.94. The summed E-state index contributed by atoms with van der Waals surface area (Å²) in [5.41, 5.74) is 3.88. The first kappa shape index (κ1) is 18.6. The van der Waals surface area contributed by atoms with Gasteiger partial charge in [-0.15, -0.1) is 0 Å². The maximum Gasteiger partial charge on any atom is 0.272 e. The fourth-order valence-electron chi connectivity index (χ4n) is 2.76. The van der Waals surface area contributed by atoms with Crippen molar-refractivity contribution in [1.82, 2.24) is 14.9 Å². The molecule has 0 saturated carbocycles. The van der Waals surface area contributed by atoms with Crippen LogP contribution in [0.1, 0.15) is 34.1 Å². The van der Waals surface area contributed by atoms with Crippen LogP contribution in [0.4, 0.5) is 5.82 Å². The van der Waals surface area contributed by atoms with Crippen LogP contribution < -0.4 is 5.32 Å². The second-order valence-electron chi connectivity index (χ2n) is 6.43. The molecule has 0 bridgehead atoms. The number of rotatable bonds is 7. The first-order valence-corrected chi connectivity index (χ1v) is 9.10. The van der Waals surface area contributed by atoms with Crippen molar-refractivity contribution in [3.8, 4) is 0 Å². The van der Waals surface area contributed by atoms with Crippen LogP contribution in [0.15, 0.2) is 67.0 Å². The Kier molecular flexibility index (Phi) is 6.15. The summed E-state index contributed by atoms with van der Waals surface area (Å²) < 4.78 is 0. The SMILES string of the molecule is CCN(Cc1ccccc1)C(=O)c1cc(NCc2ccc(C)cc2)ncn1. The lowest BCUT2D eigenvalue weighted by Gasteiger charge is -2.20. The van der Waals surface area contributed by atoms with Crippen LogP contribution in [0, 0.1) is 6.92 Å². The first-order chi connectivity index (χ1) is 13.2. The number of hydrogen-bond donors (Lipinski definition) is 1. The number of nitrogens with zero attached hydrogens (tertiary/aromatic N) is 3. The van der Waals surface area contributed by atoms with Crippen molar-refractivity contribution >= 4 is 11.7 Å². The molecular formula is C22H24N4O. The average molecular weight is 360 g/mol. The second-order valence-corrected chi connectivity index (χ2v) is 6.43. The Hall–Kier alpha value is -3.21. The highest BCUT2D eigenvalue weighted by molar-refractivity contribution is 5.92. The van der Waals surface area contributed by atoms with E-state index >= 15 is 0 Å². The number of aromatic nitrogens is 2. The van der Waals surface area contributed by atoms with Crippen LogP contribution in [0.25, 0.3) is 0 Å². The summed E-state index contributed by atoms with van der Waals surface area (Å²) in [6.45, 7) is 5.86. The molecule has 5 heteroatoms. The van der Waals surface area contributed by atoms with Crippen molar-refractivity contribution in [2.24, 2.45) is 0 Å². The summed E-state index contributed by atoms with van der Waals surface area (Å²) in [5, 5.41) is 3.26. The van der Waals surface area contributed by atoms with Crippen LogP contribution >= 0.6 is 0 Å². The maximum atomic E-state index is 12.9. The van der Waals surface area contributed by atoms with Crippen molar-refractivity contribution in [1.29, 1.82) is 0 Å². The lowest BCUT2D eigenvalue weighted by Crippen LogP contribution is -2.31. The maximum absolute atomic E-state index is 12.9. The van der Waals surface area contributed by atoms with Gasteiger partial charge in [0.1, 0.15) is 17.8 Å². The van der Waals surface area contributed by atoms with E-state index in [2.05, 4.69) is 46.5 Å². The molecule has 1 N–H and O–H groups in total. The molecule has 0 aliphatic rings. The molecule has 0 saturated heterocycles. The molecule has 5 nitrogen and oxygen atoms in total. The van der Waals surface area contributed by atoms with Crippen LogP contribution in [-0.4, -0.2) is 27.3 Å². The number of benzene rings is 2. The summed E-state index contributed by atoms with van der Waals surface area (Å²) in [6, 6.07) is 20.0. The van der Waals surface area contributed by atoms with Crippen LogP contribution in [0.5, 0.6) is 0 Å². The lowest BCUT2D eigenvalue weighted by atomic mass is 10.1. The summed E-state index contributed by atoms with van der Waals surface area (Å²) in [4.78, 5) is 23.0. The summed E-state index contributed by atoms with van der Waals surface area (Å²) >= 11 is 0. The first-order valence-electron chi connectivity index (χ1n) is 9.10. The largest absolute Gasteiger partial charge is 0.366 e. The molecule has 1 aromatic heterocycles. The smallest absolute Gasteiger partial charge is 0.272 e. The normalized spacial score (nSPS) is 10.4. The Morgan fingerprint density at radius 2 is 1.74 bits per heavy atom. The number of aryl methyl sites for hydroxylation is 1. The third-order valence-corrected chi connectivity index (χ3v) is 4.37. The van der Waals surface area contributed by atoms with Crippen LogP contribution in [-0.2, 0) is 13.1 Å². The molecule has 138 valence electrons. The van der Waals surface area contributed by atoms with E-state index in [1.165, 1.54) is 11.9 Å². The number of carbonyl (C=O) groups is 1. The Labute approximate surface area is 160 Å². The molecule has 0 unspecified atom stereocenters. The standard InChI is InChI=1S/C22H24N4O/c1-3-26(15-19-7-5-4-6-8-19)22(27)20-13-21(25-16-24-20)23-14-18-11-9-17(2)10-12-18/h4-13,16H,3,14-15H2,1-2H3,(H,23,24,25). The predicted octanol–water partition coefficient (Wildman–Crippen LogP) is 4.06. The van der Waals surface area contributed by atoms with Crippen molar-refractivity contribution in [3.05, 3.63) is 89.4 Å². The van der Waals surface area contributed by atoms with E-state index in [9.17, 15) is 4.79 Å². The molecular weight excluding hydrogens is 336 g/mol. The van der Waals surface area contributed by atoms with Gasteiger partial charge in [0.15, 0.2) is 0 Å². The fourth-order valence-corrected chi connectivity index (χ4v) is 2.76. The zero-order valence-corrected chi connectivity index (χ0v) is 15.7. The van der Waals surface area contributed by atoms with E-state index in [0.717, 1.165) is 11.1 Å². The van der Waals surface area contributed by atoms with E-state index in [-0.39, 0.29) is 5.91 Å². The Bertz CT molecular complexity index is 878. The number of carbonyl (C=O) groups excluding carboxylic acids is 1. The zero-order chi connectivity index (χ0) is 19.1. The predicted molar refractivity (Wildman–Crippen MR) is 107 cm³/mol. The third kappa shape index (κ3) is 5.14. The van der Waals surface area contributed by atoms with Gasteiger partial charge in [0.2, 0.25) is 0 Å². The van der Waals surface area contributed by atoms with E-state index in [0.29, 0.717) is 31.1 Å². The molecule has 0 radical (unpaired) electrons. The van der Waals surface area contributed by atoms with E-state index in [4.69, 9.17) is 0 Å². The van der Waals surface area contributed by atoms with Crippen LogP contribution in [0.2, 0.25) is 0 Å².